The van der Waals surface area contributed by atoms with Gasteiger partial charge >= 0.3 is 0 Å². The third-order valence-corrected chi connectivity index (χ3v) is 4.35. The van der Waals surface area contributed by atoms with Crippen molar-refractivity contribution in [3.8, 4) is 0 Å². The van der Waals surface area contributed by atoms with Crippen molar-refractivity contribution in [1.82, 2.24) is 10.2 Å². The fourth-order valence-corrected chi connectivity index (χ4v) is 3.05. The Bertz CT molecular complexity index is 244. The van der Waals surface area contributed by atoms with Crippen LogP contribution in [0.1, 0.15) is 65.7 Å². The molecule has 2 nitrogen and oxygen atoms in total. The van der Waals surface area contributed by atoms with E-state index in [4.69, 9.17) is 0 Å². The number of nitrogens with zero attached hydrogens (tertiary/aromatic N) is 1. The van der Waals surface area contributed by atoms with Crippen LogP contribution in [0.2, 0.25) is 0 Å². The van der Waals surface area contributed by atoms with Gasteiger partial charge in [-0.05, 0) is 58.3 Å². The van der Waals surface area contributed by atoms with Gasteiger partial charge in [0, 0.05) is 6.04 Å². The van der Waals surface area contributed by atoms with Crippen molar-refractivity contribution in [3.05, 3.63) is 11.6 Å². The molecule has 0 heterocycles. The van der Waals surface area contributed by atoms with E-state index in [0.717, 1.165) is 6.54 Å². The van der Waals surface area contributed by atoms with Gasteiger partial charge < -0.3 is 10.2 Å². The average Bonchev–Trinajstić information content (AvgIpc) is 2.38. The van der Waals surface area contributed by atoms with E-state index >= 15 is 0 Å². The predicted octanol–water partition coefficient (Wildman–Crippen LogP) is 3.98. The highest BCUT2D eigenvalue weighted by Gasteiger charge is 2.15. The van der Waals surface area contributed by atoms with Crippen molar-refractivity contribution in [2.24, 2.45) is 0 Å². The lowest BCUT2D eigenvalue weighted by atomic mass is 9.93. The molecule has 1 aliphatic rings. The quantitative estimate of drug-likeness (QED) is 0.669. The van der Waals surface area contributed by atoms with Crippen molar-refractivity contribution >= 4 is 0 Å². The van der Waals surface area contributed by atoms with Gasteiger partial charge in [-0.2, -0.15) is 0 Å². The Hall–Kier alpha value is -0.340. The summed E-state index contributed by atoms with van der Waals surface area (Å²) in [5.74, 6) is 0. The molecular formula is C17H34N2. The van der Waals surface area contributed by atoms with E-state index in [0.29, 0.717) is 6.04 Å². The molecule has 19 heavy (non-hydrogen) atoms. The van der Waals surface area contributed by atoms with Crippen molar-refractivity contribution in [3.63, 3.8) is 0 Å². The number of rotatable bonds is 8. The fourth-order valence-electron chi connectivity index (χ4n) is 3.05. The highest BCUT2D eigenvalue weighted by Crippen LogP contribution is 2.21. The third kappa shape index (κ3) is 6.58. The zero-order chi connectivity index (χ0) is 13.9. The van der Waals surface area contributed by atoms with Gasteiger partial charge in [-0.15, -0.1) is 0 Å². The highest BCUT2D eigenvalue weighted by molar-refractivity contribution is 5.11. The van der Waals surface area contributed by atoms with Gasteiger partial charge in [0.2, 0.25) is 0 Å². The number of likely N-dealkylation sites (N-methyl/N-ethyl adjacent to an activating group) is 1. The minimum atomic E-state index is 0.615. The normalized spacial score (nSPS) is 18.8. The van der Waals surface area contributed by atoms with Crippen LogP contribution in [0.25, 0.3) is 0 Å². The molecule has 0 aromatic carbocycles. The minimum Gasteiger partial charge on any atom is -0.310 e. The average molecular weight is 266 g/mol. The topological polar surface area (TPSA) is 15.3 Å². The molecule has 0 amide bonds. The molecule has 0 spiro atoms. The van der Waals surface area contributed by atoms with Gasteiger partial charge in [-0.25, -0.2) is 0 Å². The van der Waals surface area contributed by atoms with Gasteiger partial charge in [0.05, 0.1) is 0 Å². The van der Waals surface area contributed by atoms with E-state index < -0.39 is 0 Å². The lowest BCUT2D eigenvalue weighted by Crippen LogP contribution is -2.35. The second kappa shape index (κ2) is 10.4. The third-order valence-electron chi connectivity index (χ3n) is 4.35. The molecule has 1 unspecified atom stereocenters. The number of allylic oxidation sites excluding steroid dienone is 1. The van der Waals surface area contributed by atoms with Crippen molar-refractivity contribution in [2.45, 2.75) is 71.8 Å². The molecule has 112 valence electrons. The van der Waals surface area contributed by atoms with E-state index in [1.54, 1.807) is 5.57 Å². The predicted molar refractivity (Wildman–Crippen MR) is 85.7 cm³/mol. The summed E-state index contributed by atoms with van der Waals surface area (Å²) in [5.41, 5.74) is 1.69. The van der Waals surface area contributed by atoms with Crippen molar-refractivity contribution in [2.75, 3.05) is 26.2 Å². The monoisotopic (exact) mass is 266 g/mol. The Morgan fingerprint density at radius 2 is 1.84 bits per heavy atom. The number of hydrogen-bond acceptors (Lipinski definition) is 2. The zero-order valence-electron chi connectivity index (χ0n) is 13.4. The van der Waals surface area contributed by atoms with Crippen LogP contribution in [0, 0.1) is 0 Å². The van der Waals surface area contributed by atoms with Gasteiger partial charge in [0.15, 0.2) is 0 Å². The summed E-state index contributed by atoms with van der Waals surface area (Å²) in [6.07, 6.45) is 12.0. The fraction of sp³-hybridized carbons (Fsp3) is 0.882. The minimum absolute atomic E-state index is 0.615. The van der Waals surface area contributed by atoms with E-state index in [1.165, 1.54) is 64.6 Å². The van der Waals surface area contributed by atoms with Crippen LogP contribution < -0.4 is 5.32 Å². The molecule has 2 heteroatoms. The van der Waals surface area contributed by atoms with Crippen LogP contribution in [0.5, 0.6) is 0 Å². The van der Waals surface area contributed by atoms with Crippen LogP contribution in [0.3, 0.4) is 0 Å². The van der Waals surface area contributed by atoms with Crippen LogP contribution >= 0.6 is 0 Å². The molecule has 0 aromatic heterocycles. The molecule has 0 saturated carbocycles. The maximum atomic E-state index is 3.71. The Morgan fingerprint density at radius 3 is 2.53 bits per heavy atom. The van der Waals surface area contributed by atoms with Gasteiger partial charge in [0.25, 0.3) is 0 Å². The number of hydrogen-bond donors (Lipinski definition) is 1. The molecule has 1 aliphatic carbocycles. The standard InChI is InChI=1S/C17H34N2/c1-4-18-17(14-15-19(5-2)6-3)16-12-10-8-7-9-11-13-16/h12,17-18H,4-11,13-15H2,1-3H3. The molecule has 0 fully saturated rings. The molecule has 0 bridgehead atoms. The SMILES string of the molecule is CCNC(CCN(CC)CC)C1=CCCCCCC1. The van der Waals surface area contributed by atoms with Gasteiger partial charge in [-0.3, -0.25) is 0 Å². The summed E-state index contributed by atoms with van der Waals surface area (Å²) < 4.78 is 0. The van der Waals surface area contributed by atoms with E-state index in [-0.39, 0.29) is 0 Å². The first kappa shape index (κ1) is 16.7. The van der Waals surface area contributed by atoms with Crippen LogP contribution in [0.4, 0.5) is 0 Å². The first-order chi connectivity index (χ1) is 9.31. The molecule has 0 radical (unpaired) electrons. The first-order valence-electron chi connectivity index (χ1n) is 8.46. The van der Waals surface area contributed by atoms with Crippen molar-refractivity contribution < 1.29 is 0 Å². The summed E-state index contributed by atoms with van der Waals surface area (Å²) in [4.78, 5) is 2.54. The summed E-state index contributed by atoms with van der Waals surface area (Å²) in [6, 6.07) is 0.615. The Kier molecular flexibility index (Phi) is 9.19. The molecule has 1 atom stereocenters. The van der Waals surface area contributed by atoms with Gasteiger partial charge in [-0.1, -0.05) is 45.3 Å². The molecule has 1 N–H and O–H groups in total. The summed E-state index contributed by atoms with van der Waals surface area (Å²) in [5, 5.41) is 3.71. The van der Waals surface area contributed by atoms with Crippen molar-refractivity contribution in [1.29, 1.82) is 0 Å². The Morgan fingerprint density at radius 1 is 1.11 bits per heavy atom. The molecule has 1 rings (SSSR count). The first-order valence-corrected chi connectivity index (χ1v) is 8.46. The smallest absolute Gasteiger partial charge is 0.0291 e. The largest absolute Gasteiger partial charge is 0.310 e. The zero-order valence-corrected chi connectivity index (χ0v) is 13.4. The van der Waals surface area contributed by atoms with E-state index in [1.807, 2.05) is 0 Å². The molecule has 0 aliphatic heterocycles. The molecule has 0 aromatic rings. The Balaban J connectivity index is 2.53. The van der Waals surface area contributed by atoms with Crippen LogP contribution in [0.15, 0.2) is 11.6 Å². The summed E-state index contributed by atoms with van der Waals surface area (Å²) in [6.45, 7) is 11.4. The van der Waals surface area contributed by atoms with Crippen LogP contribution in [-0.2, 0) is 0 Å². The van der Waals surface area contributed by atoms with E-state index in [2.05, 4.69) is 37.1 Å². The maximum Gasteiger partial charge on any atom is 0.0291 e. The lowest BCUT2D eigenvalue weighted by Gasteiger charge is -2.26. The summed E-state index contributed by atoms with van der Waals surface area (Å²) in [7, 11) is 0. The van der Waals surface area contributed by atoms with Crippen LogP contribution in [-0.4, -0.2) is 37.1 Å². The maximum absolute atomic E-state index is 3.71. The molecule has 0 saturated heterocycles. The number of nitrogens with one attached hydrogen (secondary N) is 1. The second-order valence-electron chi connectivity index (χ2n) is 5.66. The van der Waals surface area contributed by atoms with E-state index in [9.17, 15) is 0 Å². The second-order valence-corrected chi connectivity index (χ2v) is 5.66. The lowest BCUT2D eigenvalue weighted by molar-refractivity contribution is 0.286. The van der Waals surface area contributed by atoms with Gasteiger partial charge in [0.1, 0.15) is 0 Å². The molecular weight excluding hydrogens is 232 g/mol. The highest BCUT2D eigenvalue weighted by atomic mass is 15.1. The summed E-state index contributed by atoms with van der Waals surface area (Å²) >= 11 is 0. The Labute approximate surface area is 120 Å².